The smallest absolute Gasteiger partial charge is 0.261 e. The van der Waals surface area contributed by atoms with E-state index in [-0.39, 0.29) is 16.8 Å². The number of carbonyl (C=O) groups is 1. The predicted molar refractivity (Wildman–Crippen MR) is 122 cm³/mol. The maximum Gasteiger partial charge on any atom is 0.261 e. The van der Waals surface area contributed by atoms with Gasteiger partial charge in [-0.3, -0.25) is 9.52 Å². The van der Waals surface area contributed by atoms with E-state index in [1.165, 1.54) is 0 Å². The highest BCUT2D eigenvalue weighted by atomic mass is 32.2. The van der Waals surface area contributed by atoms with Gasteiger partial charge in [-0.15, -0.1) is 0 Å². The fourth-order valence-corrected chi connectivity index (χ4v) is 4.06. The lowest BCUT2D eigenvalue weighted by Crippen LogP contribution is -2.26. The first-order valence-electron chi connectivity index (χ1n) is 10.0. The molecule has 2 N–H and O–H groups in total. The molecule has 0 spiro atoms. The normalized spacial score (nSPS) is 12.1. The molecule has 0 aliphatic heterocycles. The van der Waals surface area contributed by atoms with Crippen molar-refractivity contribution < 1.29 is 17.9 Å². The number of anilines is 1. The summed E-state index contributed by atoms with van der Waals surface area (Å²) in [4.78, 5) is 12.8. The van der Waals surface area contributed by atoms with Gasteiger partial charge in [0, 0.05) is 11.3 Å². The zero-order valence-corrected chi connectivity index (χ0v) is 18.6. The molecule has 1 unspecified atom stereocenters. The largest absolute Gasteiger partial charge is 0.494 e. The van der Waals surface area contributed by atoms with Crippen molar-refractivity contribution >= 4 is 21.6 Å². The van der Waals surface area contributed by atoms with Crippen LogP contribution in [0, 0.1) is 6.92 Å². The molecular weight excluding hydrogens is 412 g/mol. The summed E-state index contributed by atoms with van der Waals surface area (Å²) in [6, 6.07) is 20.3. The van der Waals surface area contributed by atoms with Crippen LogP contribution >= 0.6 is 0 Å². The third-order valence-corrected chi connectivity index (χ3v) is 6.17. The second-order valence-corrected chi connectivity index (χ2v) is 8.88. The number of amides is 1. The van der Waals surface area contributed by atoms with Gasteiger partial charge in [-0.25, -0.2) is 8.42 Å². The Hall–Kier alpha value is -3.32. The highest BCUT2D eigenvalue weighted by Gasteiger charge is 2.15. The molecule has 0 heterocycles. The molecule has 3 aromatic carbocycles. The molecule has 3 rings (SSSR count). The Labute approximate surface area is 183 Å². The number of aryl methyl sites for hydroxylation is 1. The Morgan fingerprint density at radius 2 is 1.55 bits per heavy atom. The molecule has 162 valence electrons. The minimum Gasteiger partial charge on any atom is -0.494 e. The van der Waals surface area contributed by atoms with Crippen molar-refractivity contribution in [1.29, 1.82) is 0 Å². The number of sulfonamides is 1. The molecule has 6 nitrogen and oxygen atoms in total. The molecule has 0 bridgehead atoms. The number of rotatable bonds is 8. The third-order valence-electron chi connectivity index (χ3n) is 4.77. The fourth-order valence-electron chi connectivity index (χ4n) is 3.00. The van der Waals surface area contributed by atoms with Crippen molar-refractivity contribution in [1.82, 2.24) is 5.32 Å². The van der Waals surface area contributed by atoms with Crippen LogP contribution < -0.4 is 14.8 Å². The van der Waals surface area contributed by atoms with E-state index in [4.69, 9.17) is 4.74 Å². The lowest BCUT2D eigenvalue weighted by molar-refractivity contribution is 0.0940. The van der Waals surface area contributed by atoms with Crippen LogP contribution in [-0.2, 0) is 10.0 Å². The van der Waals surface area contributed by atoms with Gasteiger partial charge < -0.3 is 10.1 Å². The topological polar surface area (TPSA) is 84.5 Å². The molecule has 31 heavy (non-hydrogen) atoms. The quantitative estimate of drug-likeness (QED) is 0.535. The van der Waals surface area contributed by atoms with E-state index in [9.17, 15) is 13.2 Å². The van der Waals surface area contributed by atoms with Crippen molar-refractivity contribution in [3.05, 3.63) is 89.5 Å². The molecule has 0 radical (unpaired) electrons. The number of benzene rings is 3. The molecule has 1 amide bonds. The predicted octanol–water partition coefficient (Wildman–Crippen LogP) is 4.69. The lowest BCUT2D eigenvalue weighted by Gasteiger charge is -2.15. The van der Waals surface area contributed by atoms with Gasteiger partial charge in [-0.2, -0.15) is 0 Å². The fraction of sp³-hybridized carbons (Fsp3) is 0.208. The summed E-state index contributed by atoms with van der Waals surface area (Å²) in [5.41, 5.74) is 2.76. The van der Waals surface area contributed by atoms with Crippen molar-refractivity contribution in [2.75, 3.05) is 11.3 Å². The Morgan fingerprint density at radius 3 is 2.13 bits per heavy atom. The summed E-state index contributed by atoms with van der Waals surface area (Å²) in [7, 11) is -3.69. The van der Waals surface area contributed by atoms with Gasteiger partial charge in [0.15, 0.2) is 0 Å². The van der Waals surface area contributed by atoms with Crippen LogP contribution in [0.1, 0.15) is 41.4 Å². The molecule has 1 atom stereocenters. The van der Waals surface area contributed by atoms with Crippen LogP contribution in [0.15, 0.2) is 77.7 Å². The maximum absolute atomic E-state index is 12.6. The summed E-state index contributed by atoms with van der Waals surface area (Å²) >= 11 is 0. The molecule has 3 aromatic rings. The van der Waals surface area contributed by atoms with Crippen LogP contribution in [0.5, 0.6) is 5.75 Å². The molecule has 0 aliphatic rings. The van der Waals surface area contributed by atoms with E-state index in [2.05, 4.69) is 10.0 Å². The second kappa shape index (κ2) is 9.66. The van der Waals surface area contributed by atoms with Crippen LogP contribution in [-0.4, -0.2) is 20.9 Å². The van der Waals surface area contributed by atoms with Crippen molar-refractivity contribution in [3.63, 3.8) is 0 Å². The highest BCUT2D eigenvalue weighted by molar-refractivity contribution is 7.92. The summed E-state index contributed by atoms with van der Waals surface area (Å²) in [5.74, 6) is 0.544. The van der Waals surface area contributed by atoms with Crippen molar-refractivity contribution in [2.24, 2.45) is 0 Å². The zero-order chi connectivity index (χ0) is 22.4. The molecule has 7 heteroatoms. The monoisotopic (exact) mass is 438 g/mol. The van der Waals surface area contributed by atoms with Gasteiger partial charge >= 0.3 is 0 Å². The van der Waals surface area contributed by atoms with E-state index in [1.807, 2.05) is 45.0 Å². The molecule has 0 saturated carbocycles. The Balaban J connectivity index is 1.63. The van der Waals surface area contributed by atoms with Crippen LogP contribution in [0.4, 0.5) is 5.69 Å². The molecule has 0 saturated heterocycles. The average Bonchev–Trinajstić information content (AvgIpc) is 2.75. The van der Waals surface area contributed by atoms with Crippen LogP contribution in [0.2, 0.25) is 0 Å². The van der Waals surface area contributed by atoms with Gasteiger partial charge in [0.1, 0.15) is 5.75 Å². The van der Waals surface area contributed by atoms with Crippen LogP contribution in [0.3, 0.4) is 0 Å². The summed E-state index contributed by atoms with van der Waals surface area (Å²) in [6.45, 7) is 6.32. The second-order valence-electron chi connectivity index (χ2n) is 7.19. The van der Waals surface area contributed by atoms with Gasteiger partial charge in [0.2, 0.25) is 0 Å². The van der Waals surface area contributed by atoms with Crippen molar-refractivity contribution in [2.45, 2.75) is 31.7 Å². The zero-order valence-electron chi connectivity index (χ0n) is 17.8. The van der Waals surface area contributed by atoms with E-state index in [0.29, 0.717) is 17.9 Å². The average molecular weight is 439 g/mol. The van der Waals surface area contributed by atoms with E-state index in [0.717, 1.165) is 16.9 Å². The van der Waals surface area contributed by atoms with Crippen molar-refractivity contribution in [3.8, 4) is 5.75 Å². The molecule has 0 fully saturated rings. The van der Waals surface area contributed by atoms with E-state index in [1.54, 1.807) is 48.5 Å². The first-order valence-corrected chi connectivity index (χ1v) is 11.5. The summed E-state index contributed by atoms with van der Waals surface area (Å²) < 4.78 is 33.0. The van der Waals surface area contributed by atoms with Crippen LogP contribution in [0.25, 0.3) is 0 Å². The maximum atomic E-state index is 12.6. The lowest BCUT2D eigenvalue weighted by atomic mass is 10.1. The number of carbonyl (C=O) groups excluding carboxylic acids is 1. The van der Waals surface area contributed by atoms with Gasteiger partial charge in [0.05, 0.1) is 17.5 Å². The molecule has 0 aliphatic carbocycles. The Kier molecular flexibility index (Phi) is 6.97. The first-order chi connectivity index (χ1) is 14.8. The standard InChI is InChI=1S/C24H26N2O4S/c1-4-30-22-13-9-19(10-14-22)18(3)25-24(27)20-7-11-21(12-8-20)26-31(28,29)23-15-5-17(2)6-16-23/h5-16,18,26H,4H2,1-3H3,(H,25,27). The highest BCUT2D eigenvalue weighted by Crippen LogP contribution is 2.20. The summed E-state index contributed by atoms with van der Waals surface area (Å²) in [6.07, 6.45) is 0. The Morgan fingerprint density at radius 1 is 0.935 bits per heavy atom. The SMILES string of the molecule is CCOc1ccc(C(C)NC(=O)c2ccc(NS(=O)(=O)c3ccc(C)cc3)cc2)cc1. The van der Waals surface area contributed by atoms with Gasteiger partial charge in [-0.05, 0) is 74.9 Å². The van der Waals surface area contributed by atoms with Gasteiger partial charge in [-0.1, -0.05) is 29.8 Å². The number of ether oxygens (including phenoxy) is 1. The molecular formula is C24H26N2O4S. The number of hydrogen-bond acceptors (Lipinski definition) is 4. The Bertz CT molecular complexity index is 1120. The van der Waals surface area contributed by atoms with E-state index >= 15 is 0 Å². The minimum absolute atomic E-state index is 0.184. The number of hydrogen-bond donors (Lipinski definition) is 2. The van der Waals surface area contributed by atoms with E-state index < -0.39 is 10.0 Å². The van der Waals surface area contributed by atoms with Gasteiger partial charge in [0.25, 0.3) is 15.9 Å². The number of nitrogens with one attached hydrogen (secondary N) is 2. The first kappa shape index (κ1) is 22.4. The third kappa shape index (κ3) is 5.86. The summed E-state index contributed by atoms with van der Waals surface area (Å²) in [5, 5.41) is 2.94. The molecule has 0 aromatic heterocycles. The minimum atomic E-state index is -3.69.